The number of sulfonamides is 1. The van der Waals surface area contributed by atoms with Crippen molar-refractivity contribution in [3.8, 4) is 0 Å². The number of rotatable bonds is 7. The van der Waals surface area contributed by atoms with Crippen molar-refractivity contribution in [1.82, 2.24) is 8.87 Å². The van der Waals surface area contributed by atoms with E-state index in [1.807, 2.05) is 0 Å². The maximum Gasteiger partial charge on any atom is 0.352 e. The molecule has 0 spiro atoms. The Labute approximate surface area is 113 Å². The number of carbonyl (C=O) groups is 1. The van der Waals surface area contributed by atoms with Gasteiger partial charge in [-0.1, -0.05) is 13.0 Å². The van der Waals surface area contributed by atoms with Crippen LogP contribution in [-0.4, -0.2) is 41.5 Å². The van der Waals surface area contributed by atoms with Crippen LogP contribution in [0.15, 0.2) is 29.8 Å². The second-order valence-electron chi connectivity index (χ2n) is 3.90. The van der Waals surface area contributed by atoms with Gasteiger partial charge in [0.05, 0.1) is 0 Å². The van der Waals surface area contributed by atoms with E-state index >= 15 is 0 Å². The number of nitrogens with zero attached hydrogens (tertiary/aromatic N) is 2. The third-order valence-electron chi connectivity index (χ3n) is 2.75. The normalized spacial score (nSPS) is 11.7. The van der Waals surface area contributed by atoms with Crippen LogP contribution in [-0.2, 0) is 16.6 Å². The van der Waals surface area contributed by atoms with E-state index in [1.165, 1.54) is 27.2 Å². The molecular formula is C12H18N2O4S. The molecule has 1 aromatic heterocycles. The molecule has 0 aliphatic carbocycles. The van der Waals surface area contributed by atoms with E-state index in [2.05, 4.69) is 6.58 Å². The number of hydrogen-bond acceptors (Lipinski definition) is 3. The fourth-order valence-electron chi connectivity index (χ4n) is 1.76. The van der Waals surface area contributed by atoms with Crippen LogP contribution in [0.2, 0.25) is 0 Å². The molecule has 1 heterocycles. The summed E-state index contributed by atoms with van der Waals surface area (Å²) in [5, 5.41) is 9.03. The van der Waals surface area contributed by atoms with Crippen LogP contribution in [0, 0.1) is 0 Å². The Morgan fingerprint density at radius 2 is 2.16 bits per heavy atom. The van der Waals surface area contributed by atoms with Gasteiger partial charge in [-0.2, -0.15) is 4.31 Å². The monoisotopic (exact) mass is 286 g/mol. The van der Waals surface area contributed by atoms with Crippen molar-refractivity contribution in [3.05, 3.63) is 30.6 Å². The topological polar surface area (TPSA) is 79.6 Å². The molecule has 1 aromatic rings. The summed E-state index contributed by atoms with van der Waals surface area (Å²) in [5.74, 6) is -1.14. The molecule has 0 bridgehead atoms. The predicted octanol–water partition coefficient (Wildman–Crippen LogP) is 1.40. The predicted molar refractivity (Wildman–Crippen MR) is 71.7 cm³/mol. The van der Waals surface area contributed by atoms with Gasteiger partial charge in [0, 0.05) is 25.8 Å². The van der Waals surface area contributed by atoms with Gasteiger partial charge in [0.2, 0.25) is 10.0 Å². The summed E-state index contributed by atoms with van der Waals surface area (Å²) in [6, 6.07) is 1.19. The fraction of sp³-hybridized carbons (Fsp3) is 0.417. The maximum atomic E-state index is 12.3. The van der Waals surface area contributed by atoms with E-state index in [1.54, 1.807) is 13.8 Å². The molecule has 0 fully saturated rings. The average molecular weight is 286 g/mol. The molecule has 0 saturated carbocycles. The quantitative estimate of drug-likeness (QED) is 0.768. The number of aromatic nitrogens is 1. The Morgan fingerprint density at radius 1 is 1.53 bits per heavy atom. The summed E-state index contributed by atoms with van der Waals surface area (Å²) in [6.45, 7) is 7.88. The Bertz CT molecular complexity index is 575. The van der Waals surface area contributed by atoms with Gasteiger partial charge < -0.3 is 9.67 Å². The molecule has 0 radical (unpaired) electrons. The van der Waals surface area contributed by atoms with E-state index in [0.29, 0.717) is 13.1 Å². The first-order valence-electron chi connectivity index (χ1n) is 5.92. The van der Waals surface area contributed by atoms with Gasteiger partial charge in [-0.3, -0.25) is 0 Å². The van der Waals surface area contributed by atoms with Gasteiger partial charge in [-0.25, -0.2) is 13.2 Å². The minimum absolute atomic E-state index is 0.00421. The molecule has 0 unspecified atom stereocenters. The van der Waals surface area contributed by atoms with Crippen molar-refractivity contribution < 1.29 is 18.3 Å². The van der Waals surface area contributed by atoms with Crippen molar-refractivity contribution >= 4 is 16.0 Å². The Balaban J connectivity index is 3.29. The lowest BCUT2D eigenvalue weighted by molar-refractivity contribution is 0.0685. The standard InChI is InChI=1S/C12H18N2O4S/c1-4-7-14(6-3)19(17,18)10-8-11(12(15)16)13(5-2)9-10/h4,8-9H,1,5-7H2,2-3H3,(H,15,16). The van der Waals surface area contributed by atoms with Crippen LogP contribution in [0.4, 0.5) is 0 Å². The lowest BCUT2D eigenvalue weighted by atomic mass is 10.4. The number of aromatic carboxylic acids is 1. The molecule has 0 aromatic carbocycles. The lowest BCUT2D eigenvalue weighted by Gasteiger charge is -2.17. The van der Waals surface area contributed by atoms with Crippen molar-refractivity contribution in [3.63, 3.8) is 0 Å². The summed E-state index contributed by atoms with van der Waals surface area (Å²) in [5.41, 5.74) is -0.0317. The number of carboxylic acids is 1. The van der Waals surface area contributed by atoms with Gasteiger partial charge in [-0.15, -0.1) is 6.58 Å². The minimum Gasteiger partial charge on any atom is -0.477 e. The van der Waals surface area contributed by atoms with E-state index in [0.717, 1.165) is 0 Å². The highest BCUT2D eigenvalue weighted by molar-refractivity contribution is 7.89. The lowest BCUT2D eigenvalue weighted by Crippen LogP contribution is -2.30. The molecule has 19 heavy (non-hydrogen) atoms. The third-order valence-corrected chi connectivity index (χ3v) is 4.66. The Kier molecular flexibility index (Phi) is 4.90. The van der Waals surface area contributed by atoms with Crippen LogP contribution in [0.5, 0.6) is 0 Å². The second-order valence-corrected chi connectivity index (χ2v) is 5.83. The molecule has 0 saturated heterocycles. The van der Waals surface area contributed by atoms with Crippen LogP contribution in [0.25, 0.3) is 0 Å². The molecule has 1 rings (SSSR count). The second kappa shape index (κ2) is 6.03. The van der Waals surface area contributed by atoms with E-state index < -0.39 is 16.0 Å². The zero-order valence-corrected chi connectivity index (χ0v) is 11.9. The fourth-order valence-corrected chi connectivity index (χ4v) is 3.22. The Morgan fingerprint density at radius 3 is 2.53 bits per heavy atom. The highest BCUT2D eigenvalue weighted by atomic mass is 32.2. The van der Waals surface area contributed by atoms with Gasteiger partial charge in [0.15, 0.2) is 0 Å². The van der Waals surface area contributed by atoms with Crippen LogP contribution >= 0.6 is 0 Å². The smallest absolute Gasteiger partial charge is 0.352 e. The molecule has 0 atom stereocenters. The molecule has 0 amide bonds. The first kappa shape index (κ1) is 15.5. The number of hydrogen-bond donors (Lipinski definition) is 1. The van der Waals surface area contributed by atoms with Crippen LogP contribution in [0.3, 0.4) is 0 Å². The third kappa shape index (κ3) is 3.05. The van der Waals surface area contributed by atoms with Crippen molar-refractivity contribution in [2.45, 2.75) is 25.3 Å². The van der Waals surface area contributed by atoms with Crippen molar-refractivity contribution in [1.29, 1.82) is 0 Å². The molecule has 7 heteroatoms. The summed E-state index contributed by atoms with van der Waals surface area (Å²) in [4.78, 5) is 11.0. The minimum atomic E-state index is -3.68. The van der Waals surface area contributed by atoms with Gasteiger partial charge >= 0.3 is 5.97 Å². The highest BCUT2D eigenvalue weighted by Gasteiger charge is 2.25. The zero-order chi connectivity index (χ0) is 14.6. The average Bonchev–Trinajstić information content (AvgIpc) is 2.80. The Hall–Kier alpha value is -1.60. The van der Waals surface area contributed by atoms with Crippen molar-refractivity contribution in [2.75, 3.05) is 13.1 Å². The van der Waals surface area contributed by atoms with Crippen LogP contribution in [0.1, 0.15) is 24.3 Å². The molecule has 6 nitrogen and oxygen atoms in total. The first-order valence-corrected chi connectivity index (χ1v) is 7.37. The first-order chi connectivity index (χ1) is 8.88. The molecule has 0 aliphatic rings. The zero-order valence-electron chi connectivity index (χ0n) is 11.0. The molecule has 1 N–H and O–H groups in total. The van der Waals surface area contributed by atoms with E-state index in [4.69, 9.17) is 5.11 Å². The number of carboxylic acid groups (broad SMARTS) is 1. The summed E-state index contributed by atoms with van der Waals surface area (Å²) in [7, 11) is -3.68. The van der Waals surface area contributed by atoms with Gasteiger partial charge in [0.25, 0.3) is 0 Å². The number of likely N-dealkylation sites (N-methyl/N-ethyl adjacent to an activating group) is 1. The molecule has 106 valence electrons. The van der Waals surface area contributed by atoms with E-state index in [-0.39, 0.29) is 17.1 Å². The SMILES string of the molecule is C=CCN(CC)S(=O)(=O)c1cc(C(=O)O)n(CC)c1. The van der Waals surface area contributed by atoms with Crippen LogP contribution < -0.4 is 0 Å². The largest absolute Gasteiger partial charge is 0.477 e. The van der Waals surface area contributed by atoms with E-state index in [9.17, 15) is 13.2 Å². The summed E-state index contributed by atoms with van der Waals surface area (Å²) >= 11 is 0. The van der Waals surface area contributed by atoms with Crippen molar-refractivity contribution in [2.24, 2.45) is 0 Å². The number of aryl methyl sites for hydroxylation is 1. The van der Waals surface area contributed by atoms with Gasteiger partial charge in [-0.05, 0) is 13.0 Å². The highest BCUT2D eigenvalue weighted by Crippen LogP contribution is 2.19. The molecular weight excluding hydrogens is 268 g/mol. The summed E-state index contributed by atoms with van der Waals surface area (Å²) < 4.78 is 27.3. The maximum absolute atomic E-state index is 12.3. The summed E-state index contributed by atoms with van der Waals surface area (Å²) in [6.07, 6.45) is 2.85. The molecule has 0 aliphatic heterocycles. The van der Waals surface area contributed by atoms with Gasteiger partial charge in [0.1, 0.15) is 10.6 Å².